The van der Waals surface area contributed by atoms with Gasteiger partial charge in [0.15, 0.2) is 49.3 Å². The van der Waals surface area contributed by atoms with Crippen molar-refractivity contribution in [1.82, 2.24) is 4.98 Å². The number of aromatic nitrogens is 2. The maximum absolute atomic E-state index is 14.4. The van der Waals surface area contributed by atoms with Crippen molar-refractivity contribution in [1.29, 1.82) is 0 Å². The first-order valence-corrected chi connectivity index (χ1v) is 11.2. The van der Waals surface area contributed by atoms with Gasteiger partial charge < -0.3 is 4.57 Å². The van der Waals surface area contributed by atoms with Crippen LogP contribution in [-0.2, 0) is 11.1 Å². The zero-order valence-electron chi connectivity index (χ0n) is 16.2. The van der Waals surface area contributed by atoms with E-state index in [9.17, 15) is 26.5 Å². The number of fused-ring (bicyclic) bond motifs is 3. The summed E-state index contributed by atoms with van der Waals surface area (Å²) in [5.41, 5.74) is 0.395. The average Bonchev–Trinajstić information content (AvgIpc) is 3.09. The first kappa shape index (κ1) is 20.5. The van der Waals surface area contributed by atoms with E-state index in [2.05, 4.69) is 4.98 Å². The molecule has 3 nitrogen and oxygen atoms in total. The lowest BCUT2D eigenvalue weighted by Crippen LogP contribution is -2.39. The lowest BCUT2D eigenvalue weighted by atomic mass is 10.1. The molecule has 5 rings (SSSR count). The summed E-state index contributed by atoms with van der Waals surface area (Å²) in [6.07, 6.45) is 5.97. The quantitative estimate of drug-likeness (QED) is 0.136. The Morgan fingerprint density at radius 3 is 2.09 bits per heavy atom. The smallest absolute Gasteiger partial charge is 0.200 e. The summed E-state index contributed by atoms with van der Waals surface area (Å²) >= 11 is 0. The Morgan fingerprint density at radius 1 is 0.781 bits per heavy atom. The fourth-order valence-corrected chi connectivity index (χ4v) is 7.00. The lowest BCUT2D eigenvalue weighted by molar-refractivity contribution is -0.688. The molecule has 9 heteroatoms. The third-order valence-electron chi connectivity index (χ3n) is 5.53. The van der Waals surface area contributed by atoms with E-state index in [-0.39, 0.29) is 0 Å². The van der Waals surface area contributed by atoms with E-state index in [1.54, 1.807) is 48.7 Å². The minimum atomic E-state index is -3.36. The van der Waals surface area contributed by atoms with Crippen LogP contribution in [0.2, 0.25) is 0 Å². The van der Waals surface area contributed by atoms with Crippen LogP contribution in [0.5, 0.6) is 0 Å². The van der Waals surface area contributed by atoms with E-state index in [1.807, 2.05) is 0 Å². The monoisotopic (exact) mass is 459 g/mol. The topological polar surface area (TPSA) is 33.8 Å². The first-order valence-electron chi connectivity index (χ1n) is 9.48. The van der Waals surface area contributed by atoms with E-state index in [0.717, 1.165) is 0 Å². The number of hydrogen-bond acceptors (Lipinski definition) is 2. The lowest BCUT2D eigenvalue weighted by Gasteiger charge is -2.14. The van der Waals surface area contributed by atoms with Crippen LogP contribution in [0.25, 0.3) is 11.1 Å². The summed E-state index contributed by atoms with van der Waals surface area (Å²) in [5.74, 6) is -10.0. The Balaban J connectivity index is 1.69. The minimum absolute atomic E-state index is 0.401. The second-order valence-electron chi connectivity index (χ2n) is 7.30. The van der Waals surface area contributed by atoms with Gasteiger partial charge in [0.05, 0.1) is 10.9 Å². The molecule has 4 aromatic rings. The summed E-state index contributed by atoms with van der Waals surface area (Å²) < 4.78 is 84.7. The zero-order valence-corrected chi connectivity index (χ0v) is 17.1. The van der Waals surface area contributed by atoms with Crippen LogP contribution < -0.4 is 20.5 Å². The molecule has 1 atom stereocenters. The minimum Gasteiger partial charge on any atom is -0.308 e. The average molecular weight is 459 g/mol. The second-order valence-corrected chi connectivity index (χ2v) is 10.0. The van der Waals surface area contributed by atoms with Crippen LogP contribution >= 0.6 is 7.14 Å². The number of hydrogen-bond donors (Lipinski definition) is 0. The van der Waals surface area contributed by atoms with Crippen LogP contribution in [0.4, 0.5) is 22.0 Å². The highest BCUT2D eigenvalue weighted by Crippen LogP contribution is 2.51. The van der Waals surface area contributed by atoms with Gasteiger partial charge in [-0.05, 0) is 11.6 Å². The molecule has 1 unspecified atom stereocenters. The van der Waals surface area contributed by atoms with Crippen molar-refractivity contribution in [3.05, 3.63) is 102 Å². The third kappa shape index (κ3) is 2.83. The summed E-state index contributed by atoms with van der Waals surface area (Å²) in [5, 5.41) is 1.47. The van der Waals surface area contributed by atoms with Gasteiger partial charge in [-0.1, -0.05) is 30.3 Å². The maximum Gasteiger partial charge on any atom is 0.200 e. The van der Waals surface area contributed by atoms with Gasteiger partial charge >= 0.3 is 0 Å². The van der Waals surface area contributed by atoms with Gasteiger partial charge in [0.1, 0.15) is 0 Å². The number of rotatable bonds is 3. The van der Waals surface area contributed by atoms with Crippen molar-refractivity contribution >= 4 is 23.1 Å². The molecule has 2 aromatic carbocycles. The molecule has 0 aliphatic carbocycles. The SMILES string of the molecule is O=P1(c2ccccc2)c2cnccc2-c2cc[n+](Cc3c(F)c(F)c(F)c(F)c3F)cc21. The van der Waals surface area contributed by atoms with Crippen LogP contribution in [0.1, 0.15) is 5.56 Å². The predicted molar refractivity (Wildman–Crippen MR) is 108 cm³/mol. The van der Waals surface area contributed by atoms with Crippen LogP contribution in [-0.4, -0.2) is 4.98 Å². The first-order chi connectivity index (χ1) is 15.3. The molecular formula is C23H13F5N2OP+. The Kier molecular flexibility index (Phi) is 4.71. The Morgan fingerprint density at radius 2 is 1.41 bits per heavy atom. The van der Waals surface area contributed by atoms with Crippen molar-refractivity contribution in [2.24, 2.45) is 0 Å². The maximum atomic E-state index is 14.4. The number of halogens is 5. The highest BCUT2D eigenvalue weighted by atomic mass is 31.2. The molecule has 32 heavy (non-hydrogen) atoms. The molecule has 0 radical (unpaired) electrons. The van der Waals surface area contributed by atoms with E-state index < -0.39 is 48.3 Å². The van der Waals surface area contributed by atoms with Gasteiger partial charge in [-0.15, -0.1) is 0 Å². The summed E-state index contributed by atoms with van der Waals surface area (Å²) in [7, 11) is -3.36. The molecule has 0 N–H and O–H groups in total. The van der Waals surface area contributed by atoms with Gasteiger partial charge in [0.25, 0.3) is 0 Å². The number of pyridine rings is 2. The predicted octanol–water partition coefficient (Wildman–Crippen LogP) is 3.73. The molecule has 0 saturated heterocycles. The van der Waals surface area contributed by atoms with Crippen molar-refractivity contribution < 1.29 is 31.1 Å². The molecule has 0 fully saturated rings. The Hall–Kier alpha value is -3.38. The fraction of sp³-hybridized carbons (Fsp3) is 0.0435. The largest absolute Gasteiger partial charge is 0.308 e. The zero-order chi connectivity index (χ0) is 22.6. The highest BCUT2D eigenvalue weighted by Gasteiger charge is 2.42. The van der Waals surface area contributed by atoms with E-state index in [0.29, 0.717) is 27.0 Å². The normalized spacial score (nSPS) is 16.7. The van der Waals surface area contributed by atoms with Gasteiger partial charge in [0, 0.05) is 34.6 Å². The molecule has 2 aromatic heterocycles. The summed E-state index contributed by atoms with van der Waals surface area (Å²) in [4.78, 5) is 4.10. The van der Waals surface area contributed by atoms with Crippen LogP contribution in [0.15, 0.2) is 67.3 Å². The molecule has 3 heterocycles. The van der Waals surface area contributed by atoms with Crippen molar-refractivity contribution in [3.63, 3.8) is 0 Å². The van der Waals surface area contributed by atoms with Crippen molar-refractivity contribution in [2.45, 2.75) is 6.54 Å². The Labute approximate surface area is 179 Å². The van der Waals surface area contributed by atoms with Crippen molar-refractivity contribution in [2.75, 3.05) is 0 Å². The van der Waals surface area contributed by atoms with Gasteiger partial charge in [-0.25, -0.2) is 22.0 Å². The van der Waals surface area contributed by atoms with Gasteiger partial charge in [-0.3, -0.25) is 4.98 Å². The van der Waals surface area contributed by atoms with Crippen molar-refractivity contribution in [3.8, 4) is 11.1 Å². The standard InChI is InChI=1S/C23H13F5N2OP/c24-19-16(20(25)22(27)23(28)21(19)26)11-30-9-7-15-14-6-8-29-10-17(14)32(31,18(15)12-30)13-4-2-1-3-5-13/h1-10,12H,11H2/q+1. The summed E-state index contributed by atoms with van der Waals surface area (Å²) in [6.45, 7) is -0.636. The van der Waals surface area contributed by atoms with E-state index in [1.165, 1.54) is 23.2 Å². The molecule has 0 saturated carbocycles. The van der Waals surface area contributed by atoms with E-state index in [4.69, 9.17) is 0 Å². The van der Waals surface area contributed by atoms with Gasteiger partial charge in [-0.2, -0.15) is 4.57 Å². The Bertz CT molecular complexity index is 1410. The fourth-order valence-electron chi connectivity index (χ4n) is 3.98. The molecule has 1 aliphatic rings. The molecule has 0 bridgehead atoms. The molecular weight excluding hydrogens is 446 g/mol. The molecule has 0 spiro atoms. The second kappa shape index (κ2) is 7.35. The number of nitrogens with zero attached hydrogens (tertiary/aromatic N) is 2. The van der Waals surface area contributed by atoms with E-state index >= 15 is 0 Å². The van der Waals surface area contributed by atoms with Gasteiger partial charge in [0.2, 0.25) is 5.82 Å². The molecule has 0 amide bonds. The molecule has 1 aliphatic heterocycles. The number of benzene rings is 2. The van der Waals surface area contributed by atoms with Crippen LogP contribution in [0, 0.1) is 29.1 Å². The highest BCUT2D eigenvalue weighted by molar-refractivity contribution is 7.86. The van der Waals surface area contributed by atoms with Crippen LogP contribution in [0.3, 0.4) is 0 Å². The summed E-state index contributed by atoms with van der Waals surface area (Å²) in [6, 6.07) is 12.0. The molecule has 160 valence electrons. The third-order valence-corrected chi connectivity index (χ3v) is 8.62.